The van der Waals surface area contributed by atoms with Gasteiger partial charge in [0, 0.05) is 19.0 Å². The molecule has 1 fully saturated rings. The number of hydrazine groups is 1. The zero-order valence-corrected chi connectivity index (χ0v) is 14.7. The van der Waals surface area contributed by atoms with Crippen LogP contribution in [0.25, 0.3) is 0 Å². The van der Waals surface area contributed by atoms with Gasteiger partial charge in [-0.25, -0.2) is 5.84 Å². The van der Waals surface area contributed by atoms with E-state index < -0.39 is 0 Å². The number of rotatable bonds is 4. The van der Waals surface area contributed by atoms with E-state index >= 15 is 0 Å². The predicted octanol–water partition coefficient (Wildman–Crippen LogP) is 1.59. The van der Waals surface area contributed by atoms with Gasteiger partial charge in [-0.15, -0.1) is 0 Å². The highest BCUT2D eigenvalue weighted by atomic mass is 16.5. The molecule has 6 nitrogen and oxygen atoms in total. The van der Waals surface area contributed by atoms with Gasteiger partial charge in [0.1, 0.15) is 5.75 Å². The summed E-state index contributed by atoms with van der Waals surface area (Å²) in [7, 11) is 0. The molecule has 1 aromatic rings. The third kappa shape index (κ3) is 4.47. The standard InChI is InChI=1S/C18H27N3O3/c1-18(2,3)14-6-4-5-7-15(14)24-12-16(22)21-10-8-13(9-11-21)17(23)20-19/h4-7,13H,8-12,19H2,1-3H3,(H,20,23). The highest BCUT2D eigenvalue weighted by molar-refractivity contribution is 5.80. The number of hydrogen-bond donors (Lipinski definition) is 2. The van der Waals surface area contributed by atoms with E-state index in [1.807, 2.05) is 24.3 Å². The van der Waals surface area contributed by atoms with Crippen LogP contribution in [0.2, 0.25) is 0 Å². The topological polar surface area (TPSA) is 84.7 Å². The van der Waals surface area contributed by atoms with E-state index in [2.05, 4.69) is 26.2 Å². The van der Waals surface area contributed by atoms with Gasteiger partial charge >= 0.3 is 0 Å². The van der Waals surface area contributed by atoms with Crippen molar-refractivity contribution in [2.24, 2.45) is 11.8 Å². The molecule has 0 bridgehead atoms. The lowest BCUT2D eigenvalue weighted by Gasteiger charge is -2.31. The molecule has 1 heterocycles. The van der Waals surface area contributed by atoms with Crippen molar-refractivity contribution in [2.45, 2.75) is 39.0 Å². The van der Waals surface area contributed by atoms with Crippen LogP contribution in [0.5, 0.6) is 5.75 Å². The highest BCUT2D eigenvalue weighted by Gasteiger charge is 2.27. The maximum Gasteiger partial charge on any atom is 0.260 e. The number of carbonyl (C=O) groups is 2. The second-order valence-corrected chi connectivity index (χ2v) is 7.20. The molecule has 24 heavy (non-hydrogen) atoms. The number of piperidine rings is 1. The van der Waals surface area contributed by atoms with Crippen LogP contribution in [0.1, 0.15) is 39.2 Å². The lowest BCUT2D eigenvalue weighted by atomic mass is 9.86. The third-order valence-corrected chi connectivity index (χ3v) is 4.41. The number of benzene rings is 1. The van der Waals surface area contributed by atoms with Crippen molar-refractivity contribution in [3.8, 4) is 5.75 Å². The van der Waals surface area contributed by atoms with Crippen molar-refractivity contribution in [2.75, 3.05) is 19.7 Å². The van der Waals surface area contributed by atoms with E-state index in [4.69, 9.17) is 10.6 Å². The highest BCUT2D eigenvalue weighted by Crippen LogP contribution is 2.31. The molecule has 0 spiro atoms. The second-order valence-electron chi connectivity index (χ2n) is 7.20. The summed E-state index contributed by atoms with van der Waals surface area (Å²) < 4.78 is 5.78. The van der Waals surface area contributed by atoms with Crippen LogP contribution in [0.3, 0.4) is 0 Å². The maximum absolute atomic E-state index is 12.4. The number of hydrogen-bond acceptors (Lipinski definition) is 4. The summed E-state index contributed by atoms with van der Waals surface area (Å²) >= 11 is 0. The second kappa shape index (κ2) is 7.66. The first-order valence-corrected chi connectivity index (χ1v) is 8.33. The van der Waals surface area contributed by atoms with E-state index in [1.165, 1.54) is 0 Å². The molecule has 2 amide bonds. The Morgan fingerprint density at radius 3 is 2.46 bits per heavy atom. The minimum absolute atomic E-state index is 0.0147. The van der Waals surface area contributed by atoms with Crippen molar-refractivity contribution in [1.29, 1.82) is 0 Å². The van der Waals surface area contributed by atoms with E-state index in [1.54, 1.807) is 4.90 Å². The Bertz CT molecular complexity index is 587. The van der Waals surface area contributed by atoms with Crippen molar-refractivity contribution >= 4 is 11.8 Å². The SMILES string of the molecule is CC(C)(C)c1ccccc1OCC(=O)N1CCC(C(=O)NN)CC1. The Balaban J connectivity index is 1.90. The number of likely N-dealkylation sites (tertiary alicyclic amines) is 1. The molecule has 1 aromatic carbocycles. The monoisotopic (exact) mass is 333 g/mol. The van der Waals surface area contributed by atoms with Gasteiger partial charge in [-0.3, -0.25) is 15.0 Å². The van der Waals surface area contributed by atoms with Crippen LogP contribution in [-0.4, -0.2) is 36.4 Å². The van der Waals surface area contributed by atoms with Crippen LogP contribution in [0, 0.1) is 5.92 Å². The quantitative estimate of drug-likeness (QED) is 0.498. The first-order chi connectivity index (χ1) is 11.3. The zero-order valence-electron chi connectivity index (χ0n) is 14.7. The zero-order chi connectivity index (χ0) is 17.7. The van der Waals surface area contributed by atoms with E-state index in [9.17, 15) is 9.59 Å². The summed E-state index contributed by atoms with van der Waals surface area (Å²) in [6, 6.07) is 7.80. The summed E-state index contributed by atoms with van der Waals surface area (Å²) in [5, 5.41) is 0. The molecule has 3 N–H and O–H groups in total. The molecular weight excluding hydrogens is 306 g/mol. The third-order valence-electron chi connectivity index (χ3n) is 4.41. The number of nitrogens with one attached hydrogen (secondary N) is 1. The van der Waals surface area contributed by atoms with Crippen molar-refractivity contribution in [1.82, 2.24) is 10.3 Å². The summed E-state index contributed by atoms with van der Waals surface area (Å²) in [5.74, 6) is 5.59. The summed E-state index contributed by atoms with van der Waals surface area (Å²) in [6.07, 6.45) is 1.26. The van der Waals surface area contributed by atoms with E-state index in [-0.39, 0.29) is 29.8 Å². The summed E-state index contributed by atoms with van der Waals surface area (Å²) in [5.41, 5.74) is 3.21. The molecule has 0 aliphatic carbocycles. The Kier molecular flexibility index (Phi) is 5.83. The van der Waals surface area contributed by atoms with Crippen LogP contribution >= 0.6 is 0 Å². The van der Waals surface area contributed by atoms with Gasteiger partial charge in [0.05, 0.1) is 0 Å². The van der Waals surface area contributed by atoms with Gasteiger partial charge in [0.25, 0.3) is 5.91 Å². The minimum Gasteiger partial charge on any atom is -0.483 e. The summed E-state index contributed by atoms with van der Waals surface area (Å²) in [6.45, 7) is 7.47. The van der Waals surface area contributed by atoms with E-state index in [0.29, 0.717) is 25.9 Å². The molecule has 1 aliphatic rings. The van der Waals surface area contributed by atoms with Gasteiger partial charge in [-0.1, -0.05) is 39.0 Å². The number of ether oxygens (including phenoxy) is 1. The predicted molar refractivity (Wildman–Crippen MR) is 92.3 cm³/mol. The maximum atomic E-state index is 12.4. The average Bonchev–Trinajstić information content (AvgIpc) is 2.58. The first kappa shape index (κ1) is 18.3. The van der Waals surface area contributed by atoms with Gasteiger partial charge in [-0.2, -0.15) is 0 Å². The number of amides is 2. The fraction of sp³-hybridized carbons (Fsp3) is 0.556. The molecule has 6 heteroatoms. The van der Waals surface area contributed by atoms with Crippen LogP contribution in [0.4, 0.5) is 0 Å². The molecule has 0 radical (unpaired) electrons. The lowest BCUT2D eigenvalue weighted by Crippen LogP contribution is -2.45. The normalized spacial score (nSPS) is 15.9. The van der Waals surface area contributed by atoms with Gasteiger partial charge in [0.15, 0.2) is 6.61 Å². The van der Waals surface area contributed by atoms with Crippen molar-refractivity contribution < 1.29 is 14.3 Å². The fourth-order valence-electron chi connectivity index (χ4n) is 2.95. The number of nitrogens with two attached hydrogens (primary N) is 1. The lowest BCUT2D eigenvalue weighted by molar-refractivity contribution is -0.137. The number of para-hydroxylation sites is 1. The Hall–Kier alpha value is -2.08. The van der Waals surface area contributed by atoms with Crippen LogP contribution in [-0.2, 0) is 15.0 Å². The molecule has 0 aromatic heterocycles. The van der Waals surface area contributed by atoms with Crippen molar-refractivity contribution in [3.63, 3.8) is 0 Å². The van der Waals surface area contributed by atoms with Gasteiger partial charge in [-0.05, 0) is 29.9 Å². The molecule has 1 saturated heterocycles. The molecule has 1 aliphatic heterocycles. The van der Waals surface area contributed by atoms with E-state index in [0.717, 1.165) is 11.3 Å². The Morgan fingerprint density at radius 2 is 1.88 bits per heavy atom. The Morgan fingerprint density at radius 1 is 1.25 bits per heavy atom. The molecular formula is C18H27N3O3. The first-order valence-electron chi connectivity index (χ1n) is 8.33. The smallest absolute Gasteiger partial charge is 0.260 e. The van der Waals surface area contributed by atoms with Crippen LogP contribution in [0.15, 0.2) is 24.3 Å². The Labute approximate surface area is 143 Å². The molecule has 0 atom stereocenters. The van der Waals surface area contributed by atoms with Gasteiger partial charge in [0.2, 0.25) is 5.91 Å². The fourth-order valence-corrected chi connectivity index (χ4v) is 2.95. The molecule has 0 saturated carbocycles. The molecule has 2 rings (SSSR count). The number of nitrogens with zero attached hydrogens (tertiary/aromatic N) is 1. The van der Waals surface area contributed by atoms with Crippen LogP contribution < -0.4 is 16.0 Å². The average molecular weight is 333 g/mol. The summed E-state index contributed by atoms with van der Waals surface area (Å²) in [4.78, 5) is 25.6. The molecule has 0 unspecified atom stereocenters. The van der Waals surface area contributed by atoms with Crippen molar-refractivity contribution in [3.05, 3.63) is 29.8 Å². The number of carbonyl (C=O) groups excluding carboxylic acids is 2. The molecule has 132 valence electrons. The minimum atomic E-state index is -0.155. The largest absolute Gasteiger partial charge is 0.483 e. The van der Waals surface area contributed by atoms with Gasteiger partial charge < -0.3 is 9.64 Å².